The molecular weight excluding hydrogens is 282 g/mol. The summed E-state index contributed by atoms with van der Waals surface area (Å²) in [6, 6.07) is 10.9. The summed E-state index contributed by atoms with van der Waals surface area (Å²) in [5.74, 6) is 0. The van der Waals surface area contributed by atoms with Gasteiger partial charge in [0.1, 0.15) is 0 Å². The van der Waals surface area contributed by atoms with Crippen molar-refractivity contribution in [2.45, 2.75) is 13.2 Å². The van der Waals surface area contributed by atoms with Crippen molar-refractivity contribution < 1.29 is 19.4 Å². The SMILES string of the molecule is OB1OCc2cc(N=Nc3ccc4c(c3)COB4O)ccc21. The fourth-order valence-corrected chi connectivity index (χ4v) is 2.67. The minimum Gasteiger partial charge on any atom is -0.423 e. The van der Waals surface area contributed by atoms with Gasteiger partial charge in [-0.05, 0) is 46.3 Å². The van der Waals surface area contributed by atoms with Gasteiger partial charge in [-0.25, -0.2) is 0 Å². The molecule has 2 aliphatic heterocycles. The highest BCUT2D eigenvalue weighted by molar-refractivity contribution is 6.62. The van der Waals surface area contributed by atoms with Gasteiger partial charge in [-0.15, -0.1) is 0 Å². The van der Waals surface area contributed by atoms with Crippen LogP contribution in [-0.4, -0.2) is 24.3 Å². The third kappa shape index (κ3) is 2.36. The minimum atomic E-state index is -0.843. The molecule has 0 amide bonds. The molecule has 22 heavy (non-hydrogen) atoms. The summed E-state index contributed by atoms with van der Waals surface area (Å²) in [6.07, 6.45) is 0. The van der Waals surface area contributed by atoms with Crippen molar-refractivity contribution in [2.24, 2.45) is 10.2 Å². The van der Waals surface area contributed by atoms with E-state index in [0.29, 0.717) is 24.6 Å². The van der Waals surface area contributed by atoms with Crippen LogP contribution in [0.15, 0.2) is 46.6 Å². The Morgan fingerprint density at radius 1 is 0.773 bits per heavy atom. The van der Waals surface area contributed by atoms with Crippen molar-refractivity contribution in [3.8, 4) is 0 Å². The second-order valence-corrected chi connectivity index (χ2v) is 5.29. The third-order valence-corrected chi connectivity index (χ3v) is 3.86. The lowest BCUT2D eigenvalue weighted by Crippen LogP contribution is -2.27. The van der Waals surface area contributed by atoms with E-state index in [1.165, 1.54) is 0 Å². The van der Waals surface area contributed by atoms with E-state index in [0.717, 1.165) is 22.1 Å². The zero-order chi connectivity index (χ0) is 15.1. The van der Waals surface area contributed by atoms with Crippen LogP contribution >= 0.6 is 0 Å². The average Bonchev–Trinajstić information content (AvgIpc) is 3.09. The van der Waals surface area contributed by atoms with E-state index < -0.39 is 14.2 Å². The molecule has 0 fully saturated rings. The molecule has 2 aliphatic rings. The molecule has 0 radical (unpaired) electrons. The largest absolute Gasteiger partial charge is 0.491 e. The van der Waals surface area contributed by atoms with E-state index in [1.807, 2.05) is 12.1 Å². The molecule has 2 N–H and O–H groups in total. The zero-order valence-electron chi connectivity index (χ0n) is 11.6. The van der Waals surface area contributed by atoms with Crippen LogP contribution in [0.2, 0.25) is 0 Å². The normalized spacial score (nSPS) is 16.5. The Bertz CT molecular complexity index is 705. The van der Waals surface area contributed by atoms with Crippen LogP contribution in [0.1, 0.15) is 11.1 Å². The highest BCUT2D eigenvalue weighted by Gasteiger charge is 2.28. The molecule has 2 aromatic rings. The first-order valence-electron chi connectivity index (χ1n) is 6.97. The van der Waals surface area contributed by atoms with Gasteiger partial charge in [-0.1, -0.05) is 12.1 Å². The summed E-state index contributed by atoms with van der Waals surface area (Å²) in [4.78, 5) is 0. The molecule has 108 valence electrons. The Kier molecular flexibility index (Phi) is 3.31. The summed E-state index contributed by atoms with van der Waals surface area (Å²) >= 11 is 0. The number of fused-ring (bicyclic) bond motifs is 2. The molecule has 0 aromatic heterocycles. The highest BCUT2D eigenvalue weighted by atomic mass is 16.5. The van der Waals surface area contributed by atoms with Gasteiger partial charge in [0.25, 0.3) is 0 Å². The van der Waals surface area contributed by atoms with Gasteiger partial charge in [0.05, 0.1) is 24.6 Å². The maximum absolute atomic E-state index is 9.58. The van der Waals surface area contributed by atoms with Crippen molar-refractivity contribution in [2.75, 3.05) is 0 Å². The Morgan fingerprint density at radius 3 is 1.68 bits per heavy atom. The maximum Gasteiger partial charge on any atom is 0.491 e. The lowest BCUT2D eigenvalue weighted by molar-refractivity contribution is 0.275. The maximum atomic E-state index is 9.58. The first-order chi connectivity index (χ1) is 10.7. The van der Waals surface area contributed by atoms with E-state index in [4.69, 9.17) is 9.31 Å². The van der Waals surface area contributed by atoms with Gasteiger partial charge in [0.2, 0.25) is 0 Å². The van der Waals surface area contributed by atoms with E-state index >= 15 is 0 Å². The molecule has 2 aromatic carbocycles. The second kappa shape index (κ2) is 5.33. The molecule has 0 bridgehead atoms. The first-order valence-corrected chi connectivity index (χ1v) is 6.97. The number of hydrogen-bond donors (Lipinski definition) is 2. The molecule has 0 unspecified atom stereocenters. The molecule has 8 heteroatoms. The van der Waals surface area contributed by atoms with Gasteiger partial charge >= 0.3 is 14.2 Å². The second-order valence-electron chi connectivity index (χ2n) is 5.29. The summed E-state index contributed by atoms with van der Waals surface area (Å²) in [7, 11) is -1.69. The van der Waals surface area contributed by atoms with E-state index in [9.17, 15) is 10.0 Å². The van der Waals surface area contributed by atoms with Gasteiger partial charge in [0.15, 0.2) is 0 Å². The molecule has 0 saturated heterocycles. The van der Waals surface area contributed by atoms with Crippen LogP contribution in [0, 0.1) is 0 Å². The van der Waals surface area contributed by atoms with E-state index in [1.54, 1.807) is 24.3 Å². The average molecular weight is 294 g/mol. The van der Waals surface area contributed by atoms with Crippen LogP contribution in [0.25, 0.3) is 0 Å². The van der Waals surface area contributed by atoms with Gasteiger partial charge in [-0.2, -0.15) is 10.2 Å². The molecule has 2 heterocycles. The number of hydrogen-bond acceptors (Lipinski definition) is 6. The molecule has 0 atom stereocenters. The molecule has 0 aliphatic carbocycles. The quantitative estimate of drug-likeness (QED) is 0.625. The lowest BCUT2D eigenvalue weighted by atomic mass is 9.79. The van der Waals surface area contributed by atoms with Crippen molar-refractivity contribution in [3.05, 3.63) is 47.5 Å². The van der Waals surface area contributed by atoms with Crippen LogP contribution in [0.4, 0.5) is 11.4 Å². The van der Waals surface area contributed by atoms with Gasteiger partial charge in [0, 0.05) is 0 Å². The highest BCUT2D eigenvalue weighted by Crippen LogP contribution is 2.22. The molecular formula is C14H12B2N2O4. The summed E-state index contributed by atoms with van der Waals surface area (Å²) in [5, 5.41) is 27.6. The van der Waals surface area contributed by atoms with Crippen molar-refractivity contribution in [3.63, 3.8) is 0 Å². The fourth-order valence-electron chi connectivity index (χ4n) is 2.67. The third-order valence-electron chi connectivity index (χ3n) is 3.86. The monoisotopic (exact) mass is 294 g/mol. The fraction of sp³-hybridized carbons (Fsp3) is 0.143. The molecule has 4 rings (SSSR count). The summed E-state index contributed by atoms with van der Waals surface area (Å²) in [6.45, 7) is 0.766. The minimum absolute atomic E-state index is 0.383. The van der Waals surface area contributed by atoms with Crippen molar-refractivity contribution in [1.82, 2.24) is 0 Å². The van der Waals surface area contributed by atoms with E-state index in [2.05, 4.69) is 10.2 Å². The van der Waals surface area contributed by atoms with E-state index in [-0.39, 0.29) is 0 Å². The van der Waals surface area contributed by atoms with Gasteiger partial charge in [-0.3, -0.25) is 0 Å². The molecule has 0 saturated carbocycles. The molecule has 6 nitrogen and oxygen atoms in total. The zero-order valence-corrected chi connectivity index (χ0v) is 11.6. The predicted molar refractivity (Wildman–Crippen MR) is 81.9 cm³/mol. The lowest BCUT2D eigenvalue weighted by Gasteiger charge is -2.00. The van der Waals surface area contributed by atoms with Crippen LogP contribution in [-0.2, 0) is 22.5 Å². The first kappa shape index (κ1) is 13.7. The Hall–Kier alpha value is -1.99. The summed E-state index contributed by atoms with van der Waals surface area (Å²) in [5.41, 5.74) is 4.82. The Balaban J connectivity index is 1.58. The number of rotatable bonds is 2. The number of benzene rings is 2. The topological polar surface area (TPSA) is 83.6 Å². The van der Waals surface area contributed by atoms with Crippen LogP contribution in [0.5, 0.6) is 0 Å². The number of azo groups is 1. The van der Waals surface area contributed by atoms with Crippen LogP contribution < -0.4 is 10.9 Å². The predicted octanol–water partition coefficient (Wildman–Crippen LogP) is 0.537. The summed E-state index contributed by atoms with van der Waals surface area (Å²) < 4.78 is 10.3. The smallest absolute Gasteiger partial charge is 0.423 e. The van der Waals surface area contributed by atoms with Crippen LogP contribution in [0.3, 0.4) is 0 Å². The van der Waals surface area contributed by atoms with Crippen molar-refractivity contribution in [1.29, 1.82) is 0 Å². The number of nitrogens with zero attached hydrogens (tertiary/aromatic N) is 2. The Morgan fingerprint density at radius 2 is 1.23 bits per heavy atom. The Labute approximate surface area is 127 Å². The standard InChI is InChI=1S/C14H12B2N2O4/c19-15-13-3-1-11(5-9(13)7-21-15)17-18-12-2-4-14-10(6-12)8-22-16(14)20/h1-6,19-20H,7-8H2. The van der Waals surface area contributed by atoms with Gasteiger partial charge < -0.3 is 19.4 Å². The van der Waals surface area contributed by atoms with Crippen molar-refractivity contribution >= 4 is 36.5 Å². The molecule has 0 spiro atoms.